The van der Waals surface area contributed by atoms with Crippen LogP contribution in [0.3, 0.4) is 0 Å². The first-order valence-corrected chi connectivity index (χ1v) is 7.50. The highest BCUT2D eigenvalue weighted by Gasteiger charge is 2.12. The first-order valence-electron chi connectivity index (χ1n) is 6.71. The Labute approximate surface area is 137 Å². The number of hydrogen-bond donors (Lipinski definition) is 1. The third kappa shape index (κ3) is 2.48. The summed E-state index contributed by atoms with van der Waals surface area (Å²) in [5.74, 6) is 1.30. The van der Waals surface area contributed by atoms with Crippen molar-refractivity contribution in [1.82, 2.24) is 4.98 Å². The average Bonchev–Trinajstić information content (AvgIpc) is 2.53. The maximum atomic E-state index is 6.19. The molecule has 5 heteroatoms. The quantitative estimate of drug-likeness (QED) is 0.759. The third-order valence-corrected chi connectivity index (χ3v) is 4.17. The molecule has 3 rings (SSSR count). The number of methoxy groups -OCH3 is 2. The summed E-state index contributed by atoms with van der Waals surface area (Å²) in [4.78, 5) is 4.70. The molecule has 1 heterocycles. The van der Waals surface area contributed by atoms with Gasteiger partial charge in [0.1, 0.15) is 0 Å². The van der Waals surface area contributed by atoms with Crippen LogP contribution < -0.4 is 15.2 Å². The summed E-state index contributed by atoms with van der Waals surface area (Å²) in [6.07, 6.45) is 0. The van der Waals surface area contributed by atoms with Gasteiger partial charge in [-0.2, -0.15) is 0 Å². The van der Waals surface area contributed by atoms with Crippen LogP contribution in [0, 0.1) is 0 Å². The van der Waals surface area contributed by atoms with Crippen LogP contribution in [0.2, 0.25) is 0 Å². The van der Waals surface area contributed by atoms with E-state index in [9.17, 15) is 0 Å². The zero-order valence-electron chi connectivity index (χ0n) is 12.3. The second-order valence-corrected chi connectivity index (χ2v) is 5.66. The van der Waals surface area contributed by atoms with Crippen molar-refractivity contribution >= 4 is 32.5 Å². The van der Waals surface area contributed by atoms with Gasteiger partial charge in [-0.05, 0) is 18.2 Å². The Morgan fingerprint density at radius 2 is 1.68 bits per heavy atom. The van der Waals surface area contributed by atoms with E-state index in [-0.39, 0.29) is 0 Å². The number of rotatable bonds is 3. The van der Waals surface area contributed by atoms with Gasteiger partial charge in [0, 0.05) is 21.5 Å². The molecule has 2 N–H and O–H groups in total. The monoisotopic (exact) mass is 358 g/mol. The number of ether oxygens (including phenoxy) is 2. The highest BCUT2D eigenvalue weighted by molar-refractivity contribution is 9.10. The maximum absolute atomic E-state index is 6.19. The van der Waals surface area contributed by atoms with Gasteiger partial charge in [0.2, 0.25) is 0 Å². The van der Waals surface area contributed by atoms with Crippen molar-refractivity contribution in [2.45, 2.75) is 0 Å². The van der Waals surface area contributed by atoms with E-state index in [4.69, 9.17) is 20.2 Å². The second kappa shape index (κ2) is 5.85. The Hall–Kier alpha value is -2.27. The zero-order valence-corrected chi connectivity index (χ0v) is 13.8. The molecule has 22 heavy (non-hydrogen) atoms. The van der Waals surface area contributed by atoms with Gasteiger partial charge in [0.15, 0.2) is 11.5 Å². The molecule has 4 nitrogen and oxygen atoms in total. The maximum Gasteiger partial charge on any atom is 0.162 e. The van der Waals surface area contributed by atoms with Gasteiger partial charge in [-0.25, -0.2) is 4.98 Å². The van der Waals surface area contributed by atoms with Crippen molar-refractivity contribution in [1.29, 1.82) is 0 Å². The molecule has 0 fully saturated rings. The van der Waals surface area contributed by atoms with E-state index in [2.05, 4.69) is 15.9 Å². The van der Waals surface area contributed by atoms with Gasteiger partial charge in [0.05, 0.1) is 31.1 Å². The second-order valence-electron chi connectivity index (χ2n) is 4.81. The van der Waals surface area contributed by atoms with Crippen LogP contribution in [0.1, 0.15) is 0 Å². The van der Waals surface area contributed by atoms with E-state index >= 15 is 0 Å². The summed E-state index contributed by atoms with van der Waals surface area (Å²) in [6, 6.07) is 13.5. The van der Waals surface area contributed by atoms with Crippen LogP contribution in [-0.2, 0) is 0 Å². The molecular weight excluding hydrogens is 344 g/mol. The van der Waals surface area contributed by atoms with Gasteiger partial charge in [0.25, 0.3) is 0 Å². The highest BCUT2D eigenvalue weighted by atomic mass is 79.9. The summed E-state index contributed by atoms with van der Waals surface area (Å²) in [6.45, 7) is 0. The Morgan fingerprint density at radius 1 is 1.00 bits per heavy atom. The van der Waals surface area contributed by atoms with E-state index in [1.165, 1.54) is 0 Å². The fourth-order valence-corrected chi connectivity index (χ4v) is 2.86. The largest absolute Gasteiger partial charge is 0.493 e. The van der Waals surface area contributed by atoms with Crippen LogP contribution in [-0.4, -0.2) is 19.2 Å². The van der Waals surface area contributed by atoms with E-state index in [0.29, 0.717) is 17.2 Å². The molecule has 0 unspecified atom stereocenters. The first kappa shape index (κ1) is 14.7. The minimum Gasteiger partial charge on any atom is -0.493 e. The van der Waals surface area contributed by atoms with Crippen LogP contribution in [0.4, 0.5) is 5.69 Å². The van der Waals surface area contributed by atoms with Gasteiger partial charge in [-0.15, -0.1) is 0 Å². The molecule has 2 aromatic carbocycles. The minimum atomic E-state index is 0.617. The highest BCUT2D eigenvalue weighted by Crippen LogP contribution is 2.36. The number of nitrogens with two attached hydrogens (primary N) is 1. The summed E-state index contributed by atoms with van der Waals surface area (Å²) in [7, 11) is 3.21. The molecule has 3 aromatic rings. The zero-order chi connectivity index (χ0) is 15.7. The SMILES string of the molecule is COc1cc2cc(N)c(-c3ccccc3Br)nc2cc1OC. The smallest absolute Gasteiger partial charge is 0.162 e. The van der Waals surface area contributed by atoms with E-state index in [1.54, 1.807) is 14.2 Å². The number of pyridine rings is 1. The van der Waals surface area contributed by atoms with E-state index < -0.39 is 0 Å². The van der Waals surface area contributed by atoms with Gasteiger partial charge in [-0.1, -0.05) is 34.1 Å². The Bertz CT molecular complexity index is 849. The topological polar surface area (TPSA) is 57.4 Å². The number of nitrogen functional groups attached to an aromatic ring is 1. The number of nitrogens with zero attached hydrogens (tertiary/aromatic N) is 1. The Morgan fingerprint density at radius 3 is 2.36 bits per heavy atom. The molecule has 112 valence electrons. The summed E-state index contributed by atoms with van der Waals surface area (Å²) in [5.41, 5.74) is 9.31. The molecule has 0 spiro atoms. The molecule has 0 atom stereocenters. The number of fused-ring (bicyclic) bond motifs is 1. The van der Waals surface area contributed by atoms with Gasteiger partial charge < -0.3 is 15.2 Å². The van der Waals surface area contributed by atoms with Gasteiger partial charge >= 0.3 is 0 Å². The van der Waals surface area contributed by atoms with Crippen LogP contribution in [0.25, 0.3) is 22.2 Å². The fourth-order valence-electron chi connectivity index (χ4n) is 2.39. The van der Waals surface area contributed by atoms with E-state index in [1.807, 2.05) is 42.5 Å². The standard InChI is InChI=1S/C17H15BrN2O2/c1-21-15-8-10-7-13(19)17(11-5-3-4-6-12(11)18)20-14(10)9-16(15)22-2/h3-9H,19H2,1-2H3. The van der Waals surface area contributed by atoms with Crippen LogP contribution in [0.5, 0.6) is 11.5 Å². The number of hydrogen-bond acceptors (Lipinski definition) is 4. The molecular formula is C17H15BrN2O2. The Balaban J connectivity index is 2.26. The molecule has 0 bridgehead atoms. The van der Waals surface area contributed by atoms with Crippen LogP contribution in [0.15, 0.2) is 46.9 Å². The van der Waals surface area contributed by atoms with Crippen molar-refractivity contribution in [2.24, 2.45) is 0 Å². The van der Waals surface area contributed by atoms with Crippen molar-refractivity contribution in [3.63, 3.8) is 0 Å². The van der Waals surface area contributed by atoms with Crippen LogP contribution >= 0.6 is 15.9 Å². The average molecular weight is 359 g/mol. The number of benzene rings is 2. The lowest BCUT2D eigenvalue weighted by molar-refractivity contribution is 0.356. The summed E-state index contributed by atoms with van der Waals surface area (Å²) < 4.78 is 11.6. The predicted octanol–water partition coefficient (Wildman–Crippen LogP) is 4.26. The lowest BCUT2D eigenvalue weighted by Gasteiger charge is -2.12. The number of anilines is 1. The Kier molecular flexibility index (Phi) is 3.90. The molecule has 0 saturated heterocycles. The molecule has 0 aliphatic heterocycles. The molecule has 0 radical (unpaired) electrons. The van der Waals surface area contributed by atoms with Crippen molar-refractivity contribution in [3.05, 3.63) is 46.9 Å². The fraction of sp³-hybridized carbons (Fsp3) is 0.118. The minimum absolute atomic E-state index is 0.617. The molecule has 0 amide bonds. The van der Waals surface area contributed by atoms with Gasteiger partial charge in [-0.3, -0.25) is 0 Å². The van der Waals surface area contributed by atoms with Crippen molar-refractivity contribution in [3.8, 4) is 22.8 Å². The predicted molar refractivity (Wildman–Crippen MR) is 92.4 cm³/mol. The molecule has 0 aliphatic carbocycles. The summed E-state index contributed by atoms with van der Waals surface area (Å²) in [5, 5.41) is 0.908. The van der Waals surface area contributed by atoms with Crippen molar-refractivity contribution < 1.29 is 9.47 Å². The lowest BCUT2D eigenvalue weighted by Crippen LogP contribution is -1.97. The lowest BCUT2D eigenvalue weighted by atomic mass is 10.1. The number of halogens is 1. The van der Waals surface area contributed by atoms with E-state index in [0.717, 1.165) is 26.6 Å². The number of aromatic nitrogens is 1. The first-order chi connectivity index (χ1) is 10.6. The molecule has 1 aromatic heterocycles. The third-order valence-electron chi connectivity index (χ3n) is 3.48. The van der Waals surface area contributed by atoms with Crippen molar-refractivity contribution in [2.75, 3.05) is 20.0 Å². The molecule has 0 saturated carbocycles. The summed E-state index contributed by atoms with van der Waals surface area (Å²) >= 11 is 3.54. The molecule has 0 aliphatic rings. The normalized spacial score (nSPS) is 10.7.